The van der Waals surface area contributed by atoms with Crippen LogP contribution in [-0.2, 0) is 20.8 Å². The van der Waals surface area contributed by atoms with E-state index in [2.05, 4.69) is 12.2 Å². The summed E-state index contributed by atoms with van der Waals surface area (Å²) in [5.74, 6) is 1.00. The number of ether oxygens (including phenoxy) is 3. The largest absolute Gasteiger partial charge is 0.493 e. The monoisotopic (exact) mass is 539 g/mol. The van der Waals surface area contributed by atoms with Crippen LogP contribution in [0.2, 0.25) is 0 Å². The van der Waals surface area contributed by atoms with Gasteiger partial charge in [-0.15, -0.1) is 0 Å². The number of hydrogen-bond donors (Lipinski definition) is 1. The minimum atomic E-state index is -0.688. The highest BCUT2D eigenvalue weighted by Crippen LogP contribution is 2.41. The third kappa shape index (κ3) is 7.02. The normalized spacial score (nSPS) is 17.3. The molecule has 9 nitrogen and oxygen atoms in total. The second-order valence-electron chi connectivity index (χ2n) is 9.83. The molecular weight excluding hydrogens is 498 g/mol. The third-order valence-electron chi connectivity index (χ3n) is 7.26. The van der Waals surface area contributed by atoms with Crippen LogP contribution in [0.1, 0.15) is 45.1 Å². The standard InChI is InChI=1S/C30H41N3O6/c1-7-8-9-10-15-31-27(34)19-33-20(2)29(35)32(3)24(30(33)36)16-21-11-13-22(14-12-21)23-17-25(37-4)28(39-6)26(18-23)38-5/h11-14,17-18,20,24H,7-10,15-16,19H2,1-6H3,(H,31,34)/t20-,24-/m1/s1. The van der Waals surface area contributed by atoms with Gasteiger partial charge in [-0.25, -0.2) is 0 Å². The van der Waals surface area contributed by atoms with E-state index in [1.807, 2.05) is 36.4 Å². The number of rotatable bonds is 13. The number of methoxy groups -OCH3 is 3. The Hall–Kier alpha value is -3.75. The molecule has 1 aliphatic heterocycles. The maximum Gasteiger partial charge on any atom is 0.246 e. The molecule has 3 rings (SSSR count). The number of likely N-dealkylation sites (N-methyl/N-ethyl adjacent to an activating group) is 1. The number of carbonyl (C=O) groups excluding carboxylic acids is 3. The van der Waals surface area contributed by atoms with Crippen molar-refractivity contribution >= 4 is 17.7 Å². The molecule has 2 aromatic rings. The molecule has 9 heteroatoms. The first-order valence-electron chi connectivity index (χ1n) is 13.5. The Morgan fingerprint density at radius 1 is 0.897 bits per heavy atom. The molecule has 1 saturated heterocycles. The van der Waals surface area contributed by atoms with Crippen LogP contribution >= 0.6 is 0 Å². The maximum atomic E-state index is 13.4. The number of hydrogen-bond acceptors (Lipinski definition) is 6. The van der Waals surface area contributed by atoms with Gasteiger partial charge >= 0.3 is 0 Å². The summed E-state index contributed by atoms with van der Waals surface area (Å²) >= 11 is 0. The van der Waals surface area contributed by atoms with Gasteiger partial charge in [-0.2, -0.15) is 0 Å². The Balaban J connectivity index is 1.72. The molecule has 2 aromatic carbocycles. The fraction of sp³-hybridized carbons (Fsp3) is 0.500. The lowest BCUT2D eigenvalue weighted by Gasteiger charge is -2.42. The Labute approximate surface area is 231 Å². The van der Waals surface area contributed by atoms with Crippen LogP contribution < -0.4 is 19.5 Å². The van der Waals surface area contributed by atoms with Gasteiger partial charge in [0.2, 0.25) is 23.5 Å². The Morgan fingerprint density at radius 2 is 1.54 bits per heavy atom. The number of piperazine rings is 1. The van der Waals surface area contributed by atoms with Gasteiger partial charge in [0.1, 0.15) is 18.6 Å². The summed E-state index contributed by atoms with van der Waals surface area (Å²) < 4.78 is 16.3. The van der Waals surface area contributed by atoms with Crippen molar-refractivity contribution in [1.82, 2.24) is 15.1 Å². The zero-order valence-electron chi connectivity index (χ0n) is 23.9. The zero-order valence-corrected chi connectivity index (χ0v) is 23.9. The van der Waals surface area contributed by atoms with Crippen LogP contribution in [0.3, 0.4) is 0 Å². The highest BCUT2D eigenvalue weighted by molar-refractivity contribution is 5.98. The summed E-state index contributed by atoms with van der Waals surface area (Å²) in [7, 11) is 6.36. The molecule has 1 heterocycles. The van der Waals surface area contributed by atoms with Gasteiger partial charge in [-0.05, 0) is 42.2 Å². The van der Waals surface area contributed by atoms with Crippen LogP contribution in [0.4, 0.5) is 0 Å². The molecule has 0 radical (unpaired) electrons. The first kappa shape index (κ1) is 29.8. The molecule has 2 atom stereocenters. The van der Waals surface area contributed by atoms with Crippen molar-refractivity contribution in [2.45, 2.75) is 58.0 Å². The topological polar surface area (TPSA) is 97.4 Å². The van der Waals surface area contributed by atoms with E-state index in [1.165, 1.54) is 9.80 Å². The lowest BCUT2D eigenvalue weighted by Crippen LogP contribution is -2.64. The number of benzene rings is 2. The van der Waals surface area contributed by atoms with E-state index in [9.17, 15) is 14.4 Å². The summed E-state index contributed by atoms with van der Waals surface area (Å²) in [5.41, 5.74) is 2.72. The highest BCUT2D eigenvalue weighted by atomic mass is 16.5. The first-order chi connectivity index (χ1) is 18.7. The molecule has 0 aromatic heterocycles. The third-order valence-corrected chi connectivity index (χ3v) is 7.26. The van der Waals surface area contributed by atoms with Crippen molar-refractivity contribution in [1.29, 1.82) is 0 Å². The van der Waals surface area contributed by atoms with Crippen LogP contribution in [0.15, 0.2) is 36.4 Å². The van der Waals surface area contributed by atoms with Crippen LogP contribution in [0.5, 0.6) is 17.2 Å². The average Bonchev–Trinajstić information content (AvgIpc) is 2.95. The summed E-state index contributed by atoms with van der Waals surface area (Å²) in [4.78, 5) is 41.9. The molecule has 0 saturated carbocycles. The highest BCUT2D eigenvalue weighted by Gasteiger charge is 2.42. The number of carbonyl (C=O) groups is 3. The zero-order chi connectivity index (χ0) is 28.5. The average molecular weight is 540 g/mol. The molecule has 3 amide bonds. The van der Waals surface area contributed by atoms with Crippen LogP contribution in [-0.4, -0.2) is 81.1 Å². The van der Waals surface area contributed by atoms with E-state index in [0.29, 0.717) is 30.2 Å². The second-order valence-corrected chi connectivity index (χ2v) is 9.83. The number of unbranched alkanes of at least 4 members (excludes halogenated alkanes) is 3. The number of amides is 3. The van der Waals surface area contributed by atoms with Gasteiger partial charge in [-0.3, -0.25) is 14.4 Å². The van der Waals surface area contributed by atoms with Crippen molar-refractivity contribution in [2.75, 3.05) is 41.5 Å². The van der Waals surface area contributed by atoms with E-state index in [-0.39, 0.29) is 24.3 Å². The summed E-state index contributed by atoms with van der Waals surface area (Å²) in [6, 6.07) is 10.2. The van der Waals surface area contributed by atoms with Crippen molar-refractivity contribution in [3.05, 3.63) is 42.0 Å². The van der Waals surface area contributed by atoms with E-state index in [0.717, 1.165) is 42.4 Å². The Bertz CT molecular complexity index is 1120. The molecule has 0 spiro atoms. The molecule has 212 valence electrons. The van der Waals surface area contributed by atoms with Crippen LogP contribution in [0, 0.1) is 0 Å². The smallest absolute Gasteiger partial charge is 0.246 e. The fourth-order valence-electron chi connectivity index (χ4n) is 4.86. The molecule has 1 fully saturated rings. The number of nitrogens with zero attached hydrogens (tertiary/aromatic N) is 2. The minimum absolute atomic E-state index is 0.121. The van der Waals surface area contributed by atoms with Gasteiger partial charge < -0.3 is 29.3 Å². The van der Waals surface area contributed by atoms with Crippen molar-refractivity contribution in [3.8, 4) is 28.4 Å². The van der Waals surface area contributed by atoms with E-state index >= 15 is 0 Å². The predicted octanol–water partition coefficient (Wildman–Crippen LogP) is 3.68. The van der Waals surface area contributed by atoms with Gasteiger partial charge in [-0.1, -0.05) is 50.5 Å². The van der Waals surface area contributed by atoms with Gasteiger partial charge in [0.15, 0.2) is 11.5 Å². The maximum absolute atomic E-state index is 13.4. The van der Waals surface area contributed by atoms with Crippen molar-refractivity contribution in [3.63, 3.8) is 0 Å². The van der Waals surface area contributed by atoms with Crippen molar-refractivity contribution in [2.24, 2.45) is 0 Å². The molecule has 0 aliphatic carbocycles. The molecule has 39 heavy (non-hydrogen) atoms. The fourth-order valence-corrected chi connectivity index (χ4v) is 4.86. The van der Waals surface area contributed by atoms with Gasteiger partial charge in [0, 0.05) is 20.0 Å². The lowest BCUT2D eigenvalue weighted by atomic mass is 9.96. The quantitative estimate of drug-likeness (QED) is 0.390. The van der Waals surface area contributed by atoms with Crippen LogP contribution in [0.25, 0.3) is 11.1 Å². The SMILES string of the molecule is CCCCCCNC(=O)CN1C(=O)[C@@H](Cc2ccc(-c3cc(OC)c(OC)c(OC)c3)cc2)N(C)C(=O)[C@H]1C. The minimum Gasteiger partial charge on any atom is -0.493 e. The predicted molar refractivity (Wildman–Crippen MR) is 150 cm³/mol. The van der Waals surface area contributed by atoms with Gasteiger partial charge in [0.25, 0.3) is 0 Å². The summed E-state index contributed by atoms with van der Waals surface area (Å²) in [6.45, 7) is 4.26. The molecule has 1 aliphatic rings. The van der Waals surface area contributed by atoms with Gasteiger partial charge in [0.05, 0.1) is 21.3 Å². The number of nitrogens with one attached hydrogen (secondary N) is 1. The van der Waals surface area contributed by atoms with Crippen molar-refractivity contribution < 1.29 is 28.6 Å². The molecule has 1 N–H and O–H groups in total. The molecule has 0 bridgehead atoms. The molecular formula is C30H41N3O6. The molecule has 0 unspecified atom stereocenters. The van der Waals surface area contributed by atoms with E-state index in [1.54, 1.807) is 35.3 Å². The summed E-state index contributed by atoms with van der Waals surface area (Å²) in [6.07, 6.45) is 4.55. The summed E-state index contributed by atoms with van der Waals surface area (Å²) in [5, 5.41) is 2.88. The van der Waals surface area contributed by atoms with E-state index < -0.39 is 12.1 Å². The lowest BCUT2D eigenvalue weighted by molar-refractivity contribution is -0.160. The van der Waals surface area contributed by atoms with E-state index in [4.69, 9.17) is 14.2 Å². The first-order valence-corrected chi connectivity index (χ1v) is 13.5. The Kier molecular flexibility index (Phi) is 10.6. The Morgan fingerprint density at radius 3 is 2.10 bits per heavy atom. The second kappa shape index (κ2) is 13.9.